The molecule has 212 valence electrons. The van der Waals surface area contributed by atoms with Gasteiger partial charge in [0.2, 0.25) is 12.8 Å². The number of allylic oxidation sites excluding steroid dienone is 4. The summed E-state index contributed by atoms with van der Waals surface area (Å²) in [5, 5.41) is 5.63. The molecule has 1 unspecified atom stereocenters. The van der Waals surface area contributed by atoms with Crippen molar-refractivity contribution in [1.29, 1.82) is 0 Å². The summed E-state index contributed by atoms with van der Waals surface area (Å²) in [6, 6.07) is 3.37. The minimum atomic E-state index is -0.409. The maximum Gasteiger partial charge on any atom is 0.212 e. The van der Waals surface area contributed by atoms with Gasteiger partial charge in [-0.05, 0) is 62.8 Å². The number of rotatable bonds is 13. The molecule has 40 heavy (non-hydrogen) atoms. The molecule has 2 amide bonds. The minimum absolute atomic E-state index is 0.155. The van der Waals surface area contributed by atoms with E-state index in [1.807, 2.05) is 24.8 Å². The number of halogens is 2. The molecule has 3 rings (SSSR count). The number of hydrogen-bond donors (Lipinski definition) is 2. The Morgan fingerprint density at radius 2 is 2.00 bits per heavy atom. The SMILES string of the molecule is C=CCCN(/C(=N/c1c(C(C)C)ccnc1C)c1cc(Cl)c(C2=CCCC=C2F)nc1NC=O)C(C)CNC=O. The van der Waals surface area contributed by atoms with Crippen LogP contribution in [0.1, 0.15) is 68.5 Å². The lowest BCUT2D eigenvalue weighted by atomic mass is 10.0. The number of amidine groups is 1. The van der Waals surface area contributed by atoms with E-state index in [9.17, 15) is 14.0 Å². The van der Waals surface area contributed by atoms with Crippen molar-refractivity contribution in [3.63, 3.8) is 0 Å². The van der Waals surface area contributed by atoms with Crippen molar-refractivity contribution < 1.29 is 14.0 Å². The van der Waals surface area contributed by atoms with Gasteiger partial charge in [0.15, 0.2) is 0 Å². The second-order valence-electron chi connectivity index (χ2n) is 9.79. The molecule has 1 aliphatic carbocycles. The zero-order valence-corrected chi connectivity index (χ0v) is 24.1. The number of anilines is 1. The maximum absolute atomic E-state index is 14.8. The molecule has 10 heteroatoms. The summed E-state index contributed by atoms with van der Waals surface area (Å²) in [6.07, 6.45) is 9.82. The van der Waals surface area contributed by atoms with E-state index in [4.69, 9.17) is 16.6 Å². The first-order valence-electron chi connectivity index (χ1n) is 13.3. The van der Waals surface area contributed by atoms with Crippen LogP contribution in [0.2, 0.25) is 5.02 Å². The third-order valence-electron chi connectivity index (χ3n) is 6.62. The molecule has 0 saturated heterocycles. The molecule has 0 spiro atoms. The molecule has 1 aliphatic rings. The second-order valence-corrected chi connectivity index (χ2v) is 10.2. The van der Waals surface area contributed by atoms with Gasteiger partial charge in [-0.1, -0.05) is 37.6 Å². The first-order chi connectivity index (χ1) is 19.2. The van der Waals surface area contributed by atoms with Gasteiger partial charge in [0.1, 0.15) is 17.5 Å². The molecule has 0 bridgehead atoms. The predicted octanol–water partition coefficient (Wildman–Crippen LogP) is 6.25. The van der Waals surface area contributed by atoms with Crippen LogP contribution in [0.4, 0.5) is 15.9 Å². The van der Waals surface area contributed by atoms with Gasteiger partial charge in [0.05, 0.1) is 27.7 Å². The third-order valence-corrected chi connectivity index (χ3v) is 6.90. The monoisotopic (exact) mass is 566 g/mol. The molecule has 2 N–H and O–H groups in total. The largest absolute Gasteiger partial charge is 0.357 e. The number of aromatic nitrogens is 2. The summed E-state index contributed by atoms with van der Waals surface area (Å²) in [5.74, 6) is 0.397. The van der Waals surface area contributed by atoms with E-state index in [2.05, 4.69) is 41.0 Å². The first kappa shape index (κ1) is 30.7. The fraction of sp³-hybridized carbons (Fsp3) is 0.367. The zero-order valence-electron chi connectivity index (χ0n) is 23.4. The molecule has 0 fully saturated rings. The molecular weight excluding hydrogens is 531 g/mol. The summed E-state index contributed by atoms with van der Waals surface area (Å²) in [4.78, 5) is 39.1. The summed E-state index contributed by atoms with van der Waals surface area (Å²) < 4.78 is 14.8. The summed E-state index contributed by atoms with van der Waals surface area (Å²) in [6.45, 7) is 12.7. The normalized spacial score (nSPS) is 14.2. The lowest BCUT2D eigenvalue weighted by Gasteiger charge is -2.33. The van der Waals surface area contributed by atoms with E-state index in [1.165, 1.54) is 6.08 Å². The van der Waals surface area contributed by atoms with Crippen LogP contribution in [-0.2, 0) is 9.59 Å². The van der Waals surface area contributed by atoms with Gasteiger partial charge in [-0.25, -0.2) is 14.4 Å². The quantitative estimate of drug-likeness (QED) is 0.129. The molecule has 2 aromatic rings. The Hall–Kier alpha value is -3.85. The molecule has 1 atom stereocenters. The van der Waals surface area contributed by atoms with Gasteiger partial charge in [0, 0.05) is 30.9 Å². The van der Waals surface area contributed by atoms with Crippen LogP contribution in [0.3, 0.4) is 0 Å². The first-order valence-corrected chi connectivity index (χ1v) is 13.7. The van der Waals surface area contributed by atoms with Crippen LogP contribution in [0, 0.1) is 6.92 Å². The van der Waals surface area contributed by atoms with Gasteiger partial charge in [-0.3, -0.25) is 14.6 Å². The third kappa shape index (κ3) is 7.21. The average Bonchev–Trinajstić information content (AvgIpc) is 2.93. The lowest BCUT2D eigenvalue weighted by Crippen LogP contribution is -2.45. The maximum atomic E-state index is 14.8. The molecule has 0 aliphatic heterocycles. The number of nitrogens with one attached hydrogen (secondary N) is 2. The average molecular weight is 567 g/mol. The highest BCUT2D eigenvalue weighted by molar-refractivity contribution is 6.33. The fourth-order valence-electron chi connectivity index (χ4n) is 4.54. The van der Waals surface area contributed by atoms with Gasteiger partial charge in [-0.15, -0.1) is 6.58 Å². The Balaban J connectivity index is 2.35. The topological polar surface area (TPSA) is 99.6 Å². The number of aryl methyl sites for hydroxylation is 1. The predicted molar refractivity (Wildman–Crippen MR) is 160 cm³/mol. The molecule has 0 radical (unpaired) electrons. The molecule has 8 nitrogen and oxygen atoms in total. The second kappa shape index (κ2) is 14.5. The zero-order chi connectivity index (χ0) is 29.2. The highest BCUT2D eigenvalue weighted by atomic mass is 35.5. The lowest BCUT2D eigenvalue weighted by molar-refractivity contribution is -0.109. The Kier molecular flexibility index (Phi) is 11.1. The van der Waals surface area contributed by atoms with Crippen LogP contribution in [0.25, 0.3) is 5.57 Å². The van der Waals surface area contributed by atoms with Crippen molar-refractivity contribution in [1.82, 2.24) is 20.2 Å². The molecule has 2 heterocycles. The van der Waals surface area contributed by atoms with E-state index in [0.717, 1.165) is 11.3 Å². The highest BCUT2D eigenvalue weighted by Crippen LogP contribution is 2.36. The fourth-order valence-corrected chi connectivity index (χ4v) is 4.79. The van der Waals surface area contributed by atoms with Crippen LogP contribution in [-0.4, -0.2) is 52.7 Å². The van der Waals surface area contributed by atoms with E-state index >= 15 is 0 Å². The van der Waals surface area contributed by atoms with E-state index < -0.39 is 5.83 Å². The van der Waals surface area contributed by atoms with Crippen molar-refractivity contribution in [2.45, 2.75) is 58.9 Å². The van der Waals surface area contributed by atoms with Gasteiger partial charge in [0.25, 0.3) is 0 Å². The van der Waals surface area contributed by atoms with Crippen molar-refractivity contribution in [3.05, 3.63) is 76.5 Å². The highest BCUT2D eigenvalue weighted by Gasteiger charge is 2.27. The van der Waals surface area contributed by atoms with Crippen LogP contribution >= 0.6 is 11.6 Å². The number of carbonyl (C=O) groups excluding carboxylic acids is 2. The van der Waals surface area contributed by atoms with Crippen molar-refractivity contribution in [2.75, 3.05) is 18.4 Å². The Morgan fingerprint density at radius 1 is 1.25 bits per heavy atom. The Bertz CT molecular complexity index is 1340. The Morgan fingerprint density at radius 3 is 2.65 bits per heavy atom. The minimum Gasteiger partial charge on any atom is -0.357 e. The summed E-state index contributed by atoms with van der Waals surface area (Å²) in [5.41, 5.74) is 3.37. The number of aliphatic imine (C=N–C) groups is 1. The number of hydrogen-bond acceptors (Lipinski definition) is 5. The number of amides is 2. The molecule has 0 saturated carbocycles. The number of carbonyl (C=O) groups is 2. The van der Waals surface area contributed by atoms with Gasteiger partial charge in [-0.2, -0.15) is 0 Å². The van der Waals surface area contributed by atoms with Crippen LogP contribution in [0.15, 0.2) is 54.0 Å². The molecule has 0 aromatic carbocycles. The van der Waals surface area contributed by atoms with Crippen molar-refractivity contribution in [2.24, 2.45) is 4.99 Å². The van der Waals surface area contributed by atoms with Gasteiger partial charge < -0.3 is 15.5 Å². The number of pyridine rings is 2. The summed E-state index contributed by atoms with van der Waals surface area (Å²) >= 11 is 6.76. The summed E-state index contributed by atoms with van der Waals surface area (Å²) in [7, 11) is 0. The van der Waals surface area contributed by atoms with Crippen molar-refractivity contribution >= 4 is 47.3 Å². The molecule has 2 aromatic heterocycles. The van der Waals surface area contributed by atoms with E-state index in [0.29, 0.717) is 62.3 Å². The number of nitrogens with zero attached hydrogens (tertiary/aromatic N) is 4. The standard InChI is InChI=1S/C30H36ClFN6O2/c1-6-7-14-38(20(4)16-33-17-39)30(37-27-21(5)34-13-12-22(27)19(2)3)24-15-25(31)28(36-29(24)35-18-40)23-10-8-9-11-26(23)32/h6,10-13,15,17-20H,1,7-9,14,16H2,2-5H3,(H,33,39)(H,35,36,40)/b37-30+. The van der Waals surface area contributed by atoms with E-state index in [-0.39, 0.29) is 34.1 Å². The van der Waals surface area contributed by atoms with E-state index in [1.54, 1.807) is 24.4 Å². The smallest absolute Gasteiger partial charge is 0.212 e. The van der Waals surface area contributed by atoms with Crippen LogP contribution in [0.5, 0.6) is 0 Å². The Labute approximate surface area is 240 Å². The van der Waals surface area contributed by atoms with Crippen molar-refractivity contribution in [3.8, 4) is 0 Å². The van der Waals surface area contributed by atoms with Gasteiger partial charge >= 0.3 is 0 Å². The molecular formula is C30H36ClFN6O2. The van der Waals surface area contributed by atoms with Crippen LogP contribution < -0.4 is 10.6 Å².